The van der Waals surface area contributed by atoms with Gasteiger partial charge in [0.2, 0.25) is 0 Å². The highest BCUT2D eigenvalue weighted by atomic mass is 16.3. The van der Waals surface area contributed by atoms with E-state index in [4.69, 9.17) is 0 Å². The number of aliphatic hydroxyl groups excluding tert-OH is 1. The topological polar surface area (TPSA) is 33.1 Å². The van der Waals surface area contributed by atoms with Crippen LogP contribution in [0.15, 0.2) is 30.3 Å². The predicted octanol–water partition coefficient (Wildman–Crippen LogP) is 4.40. The molecular weight excluding hydrogens is 234 g/mol. The molecule has 0 aliphatic carbocycles. The molecule has 1 aromatic carbocycles. The molecule has 1 N–H and O–H groups in total. The molecule has 102 valence electrons. The number of hydrogen-bond acceptors (Lipinski definition) is 2. The maximum atomic E-state index is 10.5. The van der Waals surface area contributed by atoms with E-state index >= 15 is 0 Å². The number of nitrogens with zero attached hydrogens (tertiary/aromatic N) is 1. The molecule has 0 saturated heterocycles. The average molecular weight is 257 g/mol. The minimum absolute atomic E-state index is 0.395. The number of benzene rings is 1. The molecule has 2 heteroatoms. The van der Waals surface area contributed by atoms with Crippen molar-refractivity contribution in [1.29, 1.82) is 0 Å². The van der Waals surface area contributed by atoms with Gasteiger partial charge < -0.3 is 5.11 Å². The average Bonchev–Trinajstić information content (AvgIpc) is 2.37. The van der Waals surface area contributed by atoms with Crippen LogP contribution in [-0.4, -0.2) is 10.1 Å². The first-order valence-electron chi connectivity index (χ1n) is 7.16. The fraction of sp³-hybridized carbons (Fsp3) is 0.471. The van der Waals surface area contributed by atoms with Crippen molar-refractivity contribution in [3.8, 4) is 0 Å². The van der Waals surface area contributed by atoms with Gasteiger partial charge in [-0.15, -0.1) is 0 Å². The van der Waals surface area contributed by atoms with Crippen molar-refractivity contribution < 1.29 is 5.11 Å². The third-order valence-electron chi connectivity index (χ3n) is 3.64. The lowest BCUT2D eigenvalue weighted by Gasteiger charge is -2.18. The molecule has 0 amide bonds. The standard InChI is InChI=1S/C17H23NO/c1-4-7-12(2)10-17(19)15-11-13(3)18-16-9-6-5-8-14(15)16/h5-6,8-9,11-12,17,19H,4,7,10H2,1-3H3. The Hall–Kier alpha value is -1.41. The van der Waals surface area contributed by atoms with Crippen LogP contribution in [0.4, 0.5) is 0 Å². The predicted molar refractivity (Wildman–Crippen MR) is 80.1 cm³/mol. The summed E-state index contributed by atoms with van der Waals surface area (Å²) in [6.07, 6.45) is 2.76. The van der Waals surface area contributed by atoms with E-state index in [0.29, 0.717) is 5.92 Å². The molecular formula is C17H23NO. The maximum absolute atomic E-state index is 10.5. The summed E-state index contributed by atoms with van der Waals surface area (Å²) in [6.45, 7) is 6.38. The Bertz CT molecular complexity index is 550. The zero-order chi connectivity index (χ0) is 13.8. The molecule has 1 aromatic heterocycles. The number of fused-ring (bicyclic) bond motifs is 1. The van der Waals surface area contributed by atoms with Crippen molar-refractivity contribution in [3.63, 3.8) is 0 Å². The van der Waals surface area contributed by atoms with Gasteiger partial charge in [0.15, 0.2) is 0 Å². The third-order valence-corrected chi connectivity index (χ3v) is 3.64. The normalized spacial score (nSPS) is 14.5. The lowest BCUT2D eigenvalue weighted by Crippen LogP contribution is -2.06. The number of pyridine rings is 1. The van der Waals surface area contributed by atoms with Crippen LogP contribution in [0.5, 0.6) is 0 Å². The summed E-state index contributed by atoms with van der Waals surface area (Å²) in [7, 11) is 0. The quantitative estimate of drug-likeness (QED) is 0.861. The van der Waals surface area contributed by atoms with Crippen LogP contribution < -0.4 is 0 Å². The Morgan fingerprint density at radius 1 is 1.26 bits per heavy atom. The monoisotopic (exact) mass is 257 g/mol. The van der Waals surface area contributed by atoms with E-state index in [0.717, 1.165) is 28.6 Å². The molecule has 0 saturated carbocycles. The summed E-state index contributed by atoms with van der Waals surface area (Å²) >= 11 is 0. The number of aliphatic hydroxyl groups is 1. The zero-order valence-electron chi connectivity index (χ0n) is 12.1. The van der Waals surface area contributed by atoms with Crippen LogP contribution in [0.25, 0.3) is 10.9 Å². The Balaban J connectivity index is 2.33. The highest BCUT2D eigenvalue weighted by molar-refractivity contribution is 5.82. The lowest BCUT2D eigenvalue weighted by molar-refractivity contribution is 0.146. The molecule has 0 spiro atoms. The minimum Gasteiger partial charge on any atom is -0.388 e. The van der Waals surface area contributed by atoms with Crippen LogP contribution >= 0.6 is 0 Å². The van der Waals surface area contributed by atoms with E-state index in [1.165, 1.54) is 12.8 Å². The van der Waals surface area contributed by atoms with Crippen molar-refractivity contribution in [1.82, 2.24) is 4.98 Å². The number of aromatic nitrogens is 1. The highest BCUT2D eigenvalue weighted by Crippen LogP contribution is 2.29. The summed E-state index contributed by atoms with van der Waals surface area (Å²) < 4.78 is 0. The summed E-state index contributed by atoms with van der Waals surface area (Å²) in [6, 6.07) is 10.1. The largest absolute Gasteiger partial charge is 0.388 e. The van der Waals surface area contributed by atoms with Gasteiger partial charge >= 0.3 is 0 Å². The van der Waals surface area contributed by atoms with Crippen LogP contribution in [0.2, 0.25) is 0 Å². The SMILES string of the molecule is CCCC(C)CC(O)c1cc(C)nc2ccccc12. The smallest absolute Gasteiger partial charge is 0.0799 e. The summed E-state index contributed by atoms with van der Waals surface area (Å²) in [5, 5.41) is 11.6. The molecule has 0 aliphatic heterocycles. The van der Waals surface area contributed by atoms with Crippen molar-refractivity contribution in [2.45, 2.75) is 46.1 Å². The Kier molecular flexibility index (Phi) is 4.54. The van der Waals surface area contributed by atoms with Crippen molar-refractivity contribution in [2.24, 2.45) is 5.92 Å². The minimum atomic E-state index is -0.395. The first kappa shape index (κ1) is 14.0. The Morgan fingerprint density at radius 3 is 2.74 bits per heavy atom. The van der Waals surface area contributed by atoms with E-state index in [1.54, 1.807) is 0 Å². The molecule has 0 bridgehead atoms. The molecule has 0 aliphatic rings. The molecule has 0 radical (unpaired) electrons. The van der Waals surface area contributed by atoms with E-state index in [-0.39, 0.29) is 0 Å². The van der Waals surface area contributed by atoms with Crippen LogP contribution in [0, 0.1) is 12.8 Å². The highest BCUT2D eigenvalue weighted by Gasteiger charge is 2.15. The second-order valence-corrected chi connectivity index (χ2v) is 5.52. The molecule has 2 nitrogen and oxygen atoms in total. The molecule has 0 fully saturated rings. The van der Waals surface area contributed by atoms with Crippen LogP contribution in [0.3, 0.4) is 0 Å². The van der Waals surface area contributed by atoms with Crippen LogP contribution in [-0.2, 0) is 0 Å². The van der Waals surface area contributed by atoms with Crippen LogP contribution in [0.1, 0.15) is 50.5 Å². The number of rotatable bonds is 5. The van der Waals surface area contributed by atoms with Gasteiger partial charge in [0.05, 0.1) is 11.6 Å². The first-order chi connectivity index (χ1) is 9.11. The summed E-state index contributed by atoms with van der Waals surface area (Å²) in [4.78, 5) is 4.52. The van der Waals surface area contributed by atoms with Gasteiger partial charge in [-0.05, 0) is 37.0 Å². The second kappa shape index (κ2) is 6.16. The summed E-state index contributed by atoms with van der Waals surface area (Å²) in [5.74, 6) is 0.548. The van der Waals surface area contributed by atoms with Gasteiger partial charge in [-0.25, -0.2) is 0 Å². The van der Waals surface area contributed by atoms with E-state index in [1.807, 2.05) is 37.3 Å². The van der Waals surface area contributed by atoms with E-state index in [9.17, 15) is 5.11 Å². The molecule has 1 heterocycles. The van der Waals surface area contributed by atoms with Crippen molar-refractivity contribution in [2.75, 3.05) is 0 Å². The van der Waals surface area contributed by atoms with Gasteiger partial charge in [-0.2, -0.15) is 0 Å². The number of hydrogen-bond donors (Lipinski definition) is 1. The summed E-state index contributed by atoms with van der Waals surface area (Å²) in [5.41, 5.74) is 2.96. The molecule has 2 unspecified atom stereocenters. The Labute approximate surface area is 115 Å². The molecule has 19 heavy (non-hydrogen) atoms. The van der Waals surface area contributed by atoms with E-state index < -0.39 is 6.10 Å². The molecule has 2 rings (SSSR count). The second-order valence-electron chi connectivity index (χ2n) is 5.52. The van der Waals surface area contributed by atoms with Gasteiger partial charge in [-0.3, -0.25) is 4.98 Å². The third kappa shape index (κ3) is 3.32. The Morgan fingerprint density at radius 2 is 2.00 bits per heavy atom. The lowest BCUT2D eigenvalue weighted by atomic mass is 9.93. The van der Waals surface area contributed by atoms with Crippen molar-refractivity contribution >= 4 is 10.9 Å². The molecule has 2 atom stereocenters. The number of aryl methyl sites for hydroxylation is 1. The maximum Gasteiger partial charge on any atom is 0.0799 e. The van der Waals surface area contributed by atoms with Gasteiger partial charge in [-0.1, -0.05) is 44.9 Å². The van der Waals surface area contributed by atoms with E-state index in [2.05, 4.69) is 18.8 Å². The van der Waals surface area contributed by atoms with Gasteiger partial charge in [0.1, 0.15) is 0 Å². The molecule has 2 aromatic rings. The fourth-order valence-corrected chi connectivity index (χ4v) is 2.73. The number of para-hydroxylation sites is 1. The first-order valence-corrected chi connectivity index (χ1v) is 7.16. The van der Waals surface area contributed by atoms with Gasteiger partial charge in [0.25, 0.3) is 0 Å². The fourth-order valence-electron chi connectivity index (χ4n) is 2.73. The van der Waals surface area contributed by atoms with Gasteiger partial charge in [0, 0.05) is 11.1 Å². The van der Waals surface area contributed by atoms with Crippen molar-refractivity contribution in [3.05, 3.63) is 41.6 Å². The zero-order valence-corrected chi connectivity index (χ0v) is 12.1.